The van der Waals surface area contributed by atoms with Crippen molar-refractivity contribution >= 4 is 23.4 Å². The number of hydrogen-bond donors (Lipinski definition) is 2. The number of para-hydroxylation sites is 1. The fourth-order valence-electron chi connectivity index (χ4n) is 4.13. The molecule has 2 atom stereocenters. The molecule has 2 aromatic carbocycles. The van der Waals surface area contributed by atoms with E-state index >= 15 is 0 Å². The Balaban J connectivity index is 1.44. The largest absolute Gasteiger partial charge is 0.492 e. The van der Waals surface area contributed by atoms with Crippen LogP contribution in [0.15, 0.2) is 42.5 Å². The van der Waals surface area contributed by atoms with Crippen molar-refractivity contribution in [3.8, 4) is 5.75 Å². The lowest BCUT2D eigenvalue weighted by atomic mass is 9.99. The van der Waals surface area contributed by atoms with Crippen molar-refractivity contribution < 1.29 is 14.3 Å². The molecule has 152 valence electrons. The number of carbonyl (C=O) groups is 2. The van der Waals surface area contributed by atoms with Crippen LogP contribution >= 0.6 is 11.6 Å². The van der Waals surface area contributed by atoms with Gasteiger partial charge in [0.1, 0.15) is 24.3 Å². The number of nitrogens with two attached hydrogens (primary N) is 1. The SMILES string of the molecule is NCc1ccc(Cl)cc1CNC(=O)[C@@H]1CCCN1C(=O)C1COc2ccccc21. The van der Waals surface area contributed by atoms with Gasteiger partial charge in [0.25, 0.3) is 0 Å². The van der Waals surface area contributed by atoms with Crippen molar-refractivity contribution in [1.82, 2.24) is 10.2 Å². The van der Waals surface area contributed by atoms with Crippen molar-refractivity contribution in [2.24, 2.45) is 5.73 Å². The quantitative estimate of drug-likeness (QED) is 0.789. The molecule has 0 aliphatic carbocycles. The second-order valence-corrected chi connectivity index (χ2v) is 7.86. The first-order valence-corrected chi connectivity index (χ1v) is 10.2. The number of nitrogens with one attached hydrogen (secondary N) is 1. The molecule has 1 fully saturated rings. The summed E-state index contributed by atoms with van der Waals surface area (Å²) in [5, 5.41) is 3.56. The molecule has 0 radical (unpaired) electrons. The smallest absolute Gasteiger partial charge is 0.243 e. The Kier molecular flexibility index (Phi) is 5.74. The molecule has 3 N–H and O–H groups in total. The molecule has 29 heavy (non-hydrogen) atoms. The first kappa shape index (κ1) is 19.7. The van der Waals surface area contributed by atoms with Crippen LogP contribution in [0.4, 0.5) is 0 Å². The number of ether oxygens (including phenoxy) is 1. The van der Waals surface area contributed by atoms with Gasteiger partial charge in [0.15, 0.2) is 0 Å². The predicted octanol–water partition coefficient (Wildman–Crippen LogP) is 2.58. The summed E-state index contributed by atoms with van der Waals surface area (Å²) in [4.78, 5) is 27.8. The Hall–Kier alpha value is -2.57. The topological polar surface area (TPSA) is 84.7 Å². The molecular weight excluding hydrogens is 390 g/mol. The van der Waals surface area contributed by atoms with E-state index < -0.39 is 6.04 Å². The molecule has 4 rings (SSSR count). The second kappa shape index (κ2) is 8.43. The summed E-state index contributed by atoms with van der Waals surface area (Å²) in [6, 6.07) is 12.6. The summed E-state index contributed by atoms with van der Waals surface area (Å²) < 4.78 is 5.66. The van der Waals surface area contributed by atoms with E-state index in [4.69, 9.17) is 22.1 Å². The van der Waals surface area contributed by atoms with E-state index in [0.29, 0.717) is 37.7 Å². The number of carbonyl (C=O) groups excluding carboxylic acids is 2. The molecule has 2 aliphatic heterocycles. The minimum absolute atomic E-state index is 0.0435. The van der Waals surface area contributed by atoms with E-state index in [9.17, 15) is 9.59 Å². The van der Waals surface area contributed by atoms with Gasteiger partial charge in [0, 0.05) is 30.2 Å². The average molecular weight is 414 g/mol. The lowest BCUT2D eigenvalue weighted by molar-refractivity contribution is -0.139. The highest BCUT2D eigenvalue weighted by Gasteiger charge is 2.40. The molecule has 0 saturated carbocycles. The van der Waals surface area contributed by atoms with E-state index in [-0.39, 0.29) is 17.7 Å². The summed E-state index contributed by atoms with van der Waals surface area (Å²) in [6.07, 6.45) is 1.47. The van der Waals surface area contributed by atoms with Crippen LogP contribution in [0.2, 0.25) is 5.02 Å². The number of likely N-dealkylation sites (tertiary alicyclic amines) is 1. The summed E-state index contributed by atoms with van der Waals surface area (Å²) in [5.41, 5.74) is 8.51. The summed E-state index contributed by atoms with van der Waals surface area (Å²) in [5.74, 6) is 0.210. The van der Waals surface area contributed by atoms with E-state index in [2.05, 4.69) is 5.32 Å². The van der Waals surface area contributed by atoms with Gasteiger partial charge in [-0.05, 0) is 42.2 Å². The summed E-state index contributed by atoms with van der Waals surface area (Å²) in [7, 11) is 0. The monoisotopic (exact) mass is 413 g/mol. The van der Waals surface area contributed by atoms with Gasteiger partial charge in [0.05, 0.1) is 0 Å². The van der Waals surface area contributed by atoms with E-state index in [1.807, 2.05) is 36.4 Å². The van der Waals surface area contributed by atoms with Crippen molar-refractivity contribution in [1.29, 1.82) is 0 Å². The summed E-state index contributed by atoms with van der Waals surface area (Å²) >= 11 is 6.08. The van der Waals surface area contributed by atoms with Crippen LogP contribution in [-0.4, -0.2) is 35.9 Å². The molecule has 1 saturated heterocycles. The molecular formula is C22H24ClN3O3. The van der Waals surface area contributed by atoms with Crippen LogP contribution in [0.5, 0.6) is 5.75 Å². The van der Waals surface area contributed by atoms with Gasteiger partial charge in [-0.3, -0.25) is 9.59 Å². The third kappa shape index (κ3) is 3.95. The second-order valence-electron chi connectivity index (χ2n) is 7.43. The highest BCUT2D eigenvalue weighted by Crippen LogP contribution is 2.36. The number of nitrogens with zero attached hydrogens (tertiary/aromatic N) is 1. The van der Waals surface area contributed by atoms with Crippen LogP contribution in [0, 0.1) is 0 Å². The maximum Gasteiger partial charge on any atom is 0.243 e. The standard InChI is InChI=1S/C22H24ClN3O3/c23-16-8-7-14(11-24)15(10-16)12-25-21(27)19-5-3-9-26(19)22(28)18-13-29-20-6-2-1-4-17(18)20/h1-2,4,6-8,10,18-19H,3,5,9,11-13,24H2,(H,25,27)/t18?,19-/m0/s1. The zero-order chi connectivity index (χ0) is 20.4. The lowest BCUT2D eigenvalue weighted by Crippen LogP contribution is -2.47. The van der Waals surface area contributed by atoms with Crippen LogP contribution < -0.4 is 15.8 Å². The number of fused-ring (bicyclic) bond motifs is 1. The van der Waals surface area contributed by atoms with Gasteiger partial charge in [0.2, 0.25) is 11.8 Å². The van der Waals surface area contributed by atoms with Gasteiger partial charge >= 0.3 is 0 Å². The van der Waals surface area contributed by atoms with Crippen LogP contribution in [0.1, 0.15) is 35.4 Å². The third-order valence-corrected chi connectivity index (χ3v) is 5.91. The van der Waals surface area contributed by atoms with Crippen molar-refractivity contribution in [2.75, 3.05) is 13.2 Å². The van der Waals surface area contributed by atoms with Gasteiger partial charge in [-0.1, -0.05) is 35.9 Å². The Morgan fingerprint density at radius 2 is 2.03 bits per heavy atom. The van der Waals surface area contributed by atoms with Crippen molar-refractivity contribution in [3.05, 3.63) is 64.2 Å². The minimum atomic E-state index is -0.462. The molecule has 6 nitrogen and oxygen atoms in total. The van der Waals surface area contributed by atoms with Crippen LogP contribution in [-0.2, 0) is 22.7 Å². The van der Waals surface area contributed by atoms with Crippen molar-refractivity contribution in [2.45, 2.75) is 37.9 Å². The normalized spacial score (nSPS) is 20.3. The highest BCUT2D eigenvalue weighted by molar-refractivity contribution is 6.30. The Morgan fingerprint density at radius 1 is 1.21 bits per heavy atom. The minimum Gasteiger partial charge on any atom is -0.492 e. The molecule has 7 heteroatoms. The first-order valence-electron chi connectivity index (χ1n) is 9.85. The Labute approximate surface area is 175 Å². The highest BCUT2D eigenvalue weighted by atomic mass is 35.5. The predicted molar refractivity (Wildman–Crippen MR) is 111 cm³/mol. The number of hydrogen-bond acceptors (Lipinski definition) is 4. The zero-order valence-corrected chi connectivity index (χ0v) is 16.8. The summed E-state index contributed by atoms with van der Waals surface area (Å²) in [6.45, 7) is 1.61. The fraction of sp³-hybridized carbons (Fsp3) is 0.364. The van der Waals surface area contributed by atoms with E-state index in [1.54, 1.807) is 11.0 Å². The number of halogens is 1. The molecule has 2 aromatic rings. The Morgan fingerprint density at radius 3 is 2.86 bits per heavy atom. The zero-order valence-electron chi connectivity index (χ0n) is 16.1. The third-order valence-electron chi connectivity index (χ3n) is 5.68. The van der Waals surface area contributed by atoms with Gasteiger partial charge < -0.3 is 20.7 Å². The first-order chi connectivity index (χ1) is 14.1. The molecule has 2 amide bonds. The maximum atomic E-state index is 13.2. The Bertz CT molecular complexity index is 933. The van der Waals surface area contributed by atoms with Gasteiger partial charge in [-0.2, -0.15) is 0 Å². The molecule has 0 spiro atoms. The fourth-order valence-corrected chi connectivity index (χ4v) is 4.32. The maximum absolute atomic E-state index is 13.2. The molecule has 2 heterocycles. The molecule has 1 unspecified atom stereocenters. The number of benzene rings is 2. The van der Waals surface area contributed by atoms with Crippen LogP contribution in [0.3, 0.4) is 0 Å². The lowest BCUT2D eigenvalue weighted by Gasteiger charge is -2.26. The average Bonchev–Trinajstić information content (AvgIpc) is 3.39. The van der Waals surface area contributed by atoms with Crippen molar-refractivity contribution in [3.63, 3.8) is 0 Å². The van der Waals surface area contributed by atoms with E-state index in [1.165, 1.54) is 0 Å². The number of rotatable bonds is 5. The van der Waals surface area contributed by atoms with Crippen LogP contribution in [0.25, 0.3) is 0 Å². The van der Waals surface area contributed by atoms with E-state index in [0.717, 1.165) is 28.9 Å². The van der Waals surface area contributed by atoms with Gasteiger partial charge in [-0.25, -0.2) is 0 Å². The number of amides is 2. The molecule has 0 bridgehead atoms. The van der Waals surface area contributed by atoms with Gasteiger partial charge in [-0.15, -0.1) is 0 Å². The molecule has 0 aromatic heterocycles. The molecule has 2 aliphatic rings.